The Labute approximate surface area is 227 Å². The molecule has 0 saturated carbocycles. The van der Waals surface area contributed by atoms with E-state index in [1.807, 2.05) is 47.2 Å². The number of nitrogens with two attached hydrogens (primary N) is 1. The molecule has 3 aromatic carbocycles. The largest absolute Gasteiger partial charge is 0.488 e. The molecular formula is C30H32BN3O5. The highest BCUT2D eigenvalue weighted by Crippen LogP contribution is 2.30. The maximum absolute atomic E-state index is 13.5. The van der Waals surface area contributed by atoms with Crippen molar-refractivity contribution in [3.63, 3.8) is 0 Å². The number of nitrogens with zero attached hydrogens (tertiary/aromatic N) is 2. The fraction of sp³-hybridized carbons (Fsp3) is 0.267. The lowest BCUT2D eigenvalue weighted by atomic mass is 9.77. The van der Waals surface area contributed by atoms with Gasteiger partial charge in [0, 0.05) is 56.4 Å². The highest BCUT2D eigenvalue weighted by Gasteiger charge is 2.26. The zero-order chi connectivity index (χ0) is 27.5. The molecule has 0 bridgehead atoms. The molecule has 0 atom stereocenters. The summed E-state index contributed by atoms with van der Waals surface area (Å²) in [4.78, 5) is 29.7. The summed E-state index contributed by atoms with van der Waals surface area (Å²) in [7, 11) is 0.293. The molecule has 1 saturated heterocycles. The standard InChI is InChI=1S/C30H32BN3O5/c1-33(19-23-6-2-3-8-27(23)31(37)38)24-9-10-25-26(17-29(35)39-28(25)16-24)30(36)34-13-11-21(12-14-34)22-7-4-5-20(15-22)18-32/h2-10,15-17,21,37-38H,11-14,18-19,32H2,1H3. The van der Waals surface area contributed by atoms with Gasteiger partial charge in [0.2, 0.25) is 0 Å². The van der Waals surface area contributed by atoms with Crippen LogP contribution in [0.4, 0.5) is 5.69 Å². The topological polar surface area (TPSA) is 120 Å². The molecule has 0 aliphatic carbocycles. The first-order valence-electron chi connectivity index (χ1n) is 13.1. The second kappa shape index (κ2) is 11.4. The van der Waals surface area contributed by atoms with E-state index in [1.54, 1.807) is 24.3 Å². The smallest absolute Gasteiger partial charge is 0.423 e. The second-order valence-corrected chi connectivity index (χ2v) is 10.1. The minimum absolute atomic E-state index is 0.172. The third-order valence-corrected chi connectivity index (χ3v) is 7.58. The minimum atomic E-state index is -1.57. The van der Waals surface area contributed by atoms with Gasteiger partial charge in [-0.1, -0.05) is 48.5 Å². The lowest BCUT2D eigenvalue weighted by Gasteiger charge is -2.32. The molecule has 1 aliphatic rings. The van der Waals surface area contributed by atoms with Gasteiger partial charge in [0.05, 0.1) is 5.56 Å². The van der Waals surface area contributed by atoms with E-state index >= 15 is 0 Å². The van der Waals surface area contributed by atoms with Crippen LogP contribution in [0.15, 0.2) is 82.0 Å². The Balaban J connectivity index is 1.34. The number of rotatable bonds is 7. The summed E-state index contributed by atoms with van der Waals surface area (Å²) >= 11 is 0. The molecule has 9 heteroatoms. The summed E-state index contributed by atoms with van der Waals surface area (Å²) in [5, 5.41) is 20.0. The number of carbonyl (C=O) groups is 1. The maximum atomic E-state index is 13.5. The molecule has 39 heavy (non-hydrogen) atoms. The van der Waals surface area contributed by atoms with Crippen molar-refractivity contribution in [3.8, 4) is 0 Å². The van der Waals surface area contributed by atoms with E-state index in [0.717, 1.165) is 29.7 Å². The van der Waals surface area contributed by atoms with Crippen molar-refractivity contribution in [2.75, 3.05) is 25.0 Å². The number of amides is 1. The third kappa shape index (κ3) is 5.75. The molecule has 5 rings (SSSR count). The van der Waals surface area contributed by atoms with E-state index < -0.39 is 12.7 Å². The number of carbonyl (C=O) groups excluding carboxylic acids is 1. The van der Waals surface area contributed by atoms with Crippen LogP contribution in [0, 0.1) is 0 Å². The van der Waals surface area contributed by atoms with E-state index in [9.17, 15) is 19.6 Å². The number of hydrogen-bond donors (Lipinski definition) is 3. The first-order valence-corrected chi connectivity index (χ1v) is 13.1. The molecule has 0 spiro atoms. The molecule has 0 radical (unpaired) electrons. The van der Waals surface area contributed by atoms with Crippen LogP contribution in [-0.2, 0) is 13.1 Å². The SMILES string of the molecule is CN(Cc1ccccc1B(O)O)c1ccc2c(C(=O)N3CCC(c4cccc(CN)c4)CC3)cc(=O)oc2c1. The van der Waals surface area contributed by atoms with Crippen LogP contribution in [0.3, 0.4) is 0 Å². The van der Waals surface area contributed by atoms with E-state index in [0.29, 0.717) is 54.1 Å². The van der Waals surface area contributed by atoms with E-state index in [2.05, 4.69) is 12.1 Å². The minimum Gasteiger partial charge on any atom is -0.423 e. The van der Waals surface area contributed by atoms with E-state index in [1.165, 1.54) is 11.6 Å². The lowest BCUT2D eigenvalue weighted by molar-refractivity contribution is 0.0714. The molecule has 200 valence electrons. The van der Waals surface area contributed by atoms with Crippen molar-refractivity contribution in [1.29, 1.82) is 0 Å². The summed E-state index contributed by atoms with van der Waals surface area (Å²) in [6.07, 6.45) is 1.69. The van der Waals surface area contributed by atoms with Gasteiger partial charge in [-0.25, -0.2) is 4.79 Å². The maximum Gasteiger partial charge on any atom is 0.488 e. The van der Waals surface area contributed by atoms with Crippen LogP contribution in [-0.4, -0.2) is 48.1 Å². The average Bonchev–Trinajstić information content (AvgIpc) is 2.96. The number of benzene rings is 3. The van der Waals surface area contributed by atoms with Crippen molar-refractivity contribution >= 4 is 35.1 Å². The Morgan fingerprint density at radius 2 is 1.82 bits per heavy atom. The van der Waals surface area contributed by atoms with Crippen molar-refractivity contribution in [2.24, 2.45) is 5.73 Å². The highest BCUT2D eigenvalue weighted by molar-refractivity contribution is 6.59. The zero-order valence-corrected chi connectivity index (χ0v) is 21.9. The van der Waals surface area contributed by atoms with Gasteiger partial charge in [-0.2, -0.15) is 0 Å². The van der Waals surface area contributed by atoms with Gasteiger partial charge in [0.25, 0.3) is 5.91 Å². The van der Waals surface area contributed by atoms with E-state index in [4.69, 9.17) is 10.2 Å². The normalized spacial score (nSPS) is 14.0. The molecule has 1 fully saturated rings. The van der Waals surface area contributed by atoms with Crippen LogP contribution >= 0.6 is 0 Å². The number of hydrogen-bond acceptors (Lipinski definition) is 7. The van der Waals surface area contributed by atoms with Crippen molar-refractivity contribution < 1.29 is 19.3 Å². The fourth-order valence-electron chi connectivity index (χ4n) is 5.40. The molecule has 0 unspecified atom stereocenters. The first-order chi connectivity index (χ1) is 18.8. The van der Waals surface area contributed by atoms with Crippen LogP contribution < -0.4 is 21.7 Å². The van der Waals surface area contributed by atoms with Gasteiger partial charge < -0.3 is 30.0 Å². The number of anilines is 1. The molecule has 4 aromatic rings. The summed E-state index contributed by atoms with van der Waals surface area (Å²) in [5.74, 6) is 0.197. The Bertz CT molecular complexity index is 1550. The summed E-state index contributed by atoms with van der Waals surface area (Å²) in [6.45, 7) is 2.13. The van der Waals surface area contributed by atoms with Crippen molar-refractivity contribution in [2.45, 2.75) is 31.8 Å². The number of likely N-dealkylation sites (tertiary alicyclic amines) is 1. The Hall–Kier alpha value is -3.92. The van der Waals surface area contributed by atoms with Gasteiger partial charge >= 0.3 is 12.7 Å². The molecule has 1 aliphatic heterocycles. The first kappa shape index (κ1) is 26.7. The predicted octanol–water partition coefficient (Wildman–Crippen LogP) is 2.59. The molecule has 2 heterocycles. The molecule has 4 N–H and O–H groups in total. The number of fused-ring (bicyclic) bond motifs is 1. The molecule has 8 nitrogen and oxygen atoms in total. The second-order valence-electron chi connectivity index (χ2n) is 10.1. The van der Waals surface area contributed by atoms with Crippen LogP contribution in [0.2, 0.25) is 0 Å². The number of piperidine rings is 1. The monoisotopic (exact) mass is 525 g/mol. The van der Waals surface area contributed by atoms with Gasteiger partial charge in [0.1, 0.15) is 5.58 Å². The highest BCUT2D eigenvalue weighted by atomic mass is 16.4. The summed E-state index contributed by atoms with van der Waals surface area (Å²) in [5.41, 5.74) is 10.2. The molecular weight excluding hydrogens is 493 g/mol. The van der Waals surface area contributed by atoms with Gasteiger partial charge in [-0.05, 0) is 53.0 Å². The van der Waals surface area contributed by atoms with Gasteiger partial charge in [0.15, 0.2) is 0 Å². The van der Waals surface area contributed by atoms with E-state index in [-0.39, 0.29) is 5.91 Å². The van der Waals surface area contributed by atoms with Crippen LogP contribution in [0.25, 0.3) is 11.0 Å². The average molecular weight is 525 g/mol. The van der Waals surface area contributed by atoms with Crippen LogP contribution in [0.1, 0.15) is 45.8 Å². The summed E-state index contributed by atoms with van der Waals surface area (Å²) in [6, 6.07) is 22.1. The molecule has 1 aromatic heterocycles. The third-order valence-electron chi connectivity index (χ3n) is 7.58. The van der Waals surface area contributed by atoms with Crippen molar-refractivity contribution in [3.05, 3.63) is 105 Å². The van der Waals surface area contributed by atoms with Crippen LogP contribution in [0.5, 0.6) is 0 Å². The lowest BCUT2D eigenvalue weighted by Crippen LogP contribution is -2.38. The van der Waals surface area contributed by atoms with Gasteiger partial charge in [-0.15, -0.1) is 0 Å². The Morgan fingerprint density at radius 1 is 1.05 bits per heavy atom. The summed E-state index contributed by atoms with van der Waals surface area (Å²) < 4.78 is 5.50. The quantitative estimate of drug-likeness (QED) is 0.251. The predicted molar refractivity (Wildman–Crippen MR) is 153 cm³/mol. The van der Waals surface area contributed by atoms with Crippen molar-refractivity contribution in [1.82, 2.24) is 4.90 Å². The fourth-order valence-corrected chi connectivity index (χ4v) is 5.40. The molecule has 1 amide bonds. The zero-order valence-electron chi connectivity index (χ0n) is 21.9. The van der Waals surface area contributed by atoms with Gasteiger partial charge in [-0.3, -0.25) is 4.79 Å². The Kier molecular flexibility index (Phi) is 7.83. The Morgan fingerprint density at radius 3 is 2.56 bits per heavy atom.